The highest BCUT2D eigenvalue weighted by molar-refractivity contribution is 5.98. The number of ether oxygens (including phenoxy) is 1. The minimum atomic E-state index is -1.14. The molecule has 0 saturated carbocycles. The van der Waals surface area contributed by atoms with E-state index >= 15 is 0 Å². The average Bonchev–Trinajstić information content (AvgIpc) is 2.40. The smallest absolute Gasteiger partial charge is 0.244 e. The summed E-state index contributed by atoms with van der Waals surface area (Å²) in [6.45, 7) is 2.22. The van der Waals surface area contributed by atoms with E-state index in [0.717, 1.165) is 6.07 Å². The molecule has 1 amide bonds. The lowest BCUT2D eigenvalue weighted by molar-refractivity contribution is -0.124. The SMILES string of the molecule is Cc1ccc(F)c(NC(=O)C2(N)CCOCC2)c1F. The van der Waals surface area contributed by atoms with E-state index in [2.05, 4.69) is 5.32 Å². The molecule has 0 aromatic heterocycles. The van der Waals surface area contributed by atoms with Gasteiger partial charge in [0.15, 0.2) is 5.82 Å². The summed E-state index contributed by atoms with van der Waals surface area (Å²) in [5, 5.41) is 2.26. The Morgan fingerprint density at radius 2 is 2.00 bits per heavy atom. The van der Waals surface area contributed by atoms with Gasteiger partial charge in [-0.25, -0.2) is 8.78 Å². The van der Waals surface area contributed by atoms with Gasteiger partial charge in [0.25, 0.3) is 0 Å². The zero-order valence-corrected chi connectivity index (χ0v) is 10.6. The summed E-state index contributed by atoms with van der Waals surface area (Å²) in [5.74, 6) is -2.17. The lowest BCUT2D eigenvalue weighted by Gasteiger charge is -2.31. The Balaban J connectivity index is 2.21. The molecule has 0 bridgehead atoms. The van der Waals surface area contributed by atoms with Crippen LogP contribution in [0.4, 0.5) is 14.5 Å². The number of rotatable bonds is 2. The summed E-state index contributed by atoms with van der Waals surface area (Å²) >= 11 is 0. The second kappa shape index (κ2) is 5.22. The molecule has 1 aromatic carbocycles. The van der Waals surface area contributed by atoms with Crippen molar-refractivity contribution in [3.63, 3.8) is 0 Å². The topological polar surface area (TPSA) is 64.4 Å². The van der Waals surface area contributed by atoms with Crippen LogP contribution in [0.3, 0.4) is 0 Å². The first-order valence-electron chi connectivity index (χ1n) is 6.07. The van der Waals surface area contributed by atoms with E-state index < -0.39 is 28.8 Å². The zero-order chi connectivity index (χ0) is 14.0. The van der Waals surface area contributed by atoms with Crippen LogP contribution in [0.15, 0.2) is 12.1 Å². The molecule has 19 heavy (non-hydrogen) atoms. The Morgan fingerprint density at radius 3 is 2.63 bits per heavy atom. The number of hydrogen-bond donors (Lipinski definition) is 2. The predicted octanol–water partition coefficient (Wildman–Crippen LogP) is 1.72. The molecule has 1 aliphatic heterocycles. The molecule has 4 nitrogen and oxygen atoms in total. The van der Waals surface area contributed by atoms with Crippen molar-refractivity contribution in [2.45, 2.75) is 25.3 Å². The van der Waals surface area contributed by atoms with Crippen LogP contribution in [0.1, 0.15) is 18.4 Å². The van der Waals surface area contributed by atoms with E-state index in [9.17, 15) is 13.6 Å². The van der Waals surface area contributed by atoms with Gasteiger partial charge in [0.2, 0.25) is 5.91 Å². The lowest BCUT2D eigenvalue weighted by atomic mass is 9.90. The van der Waals surface area contributed by atoms with Gasteiger partial charge < -0.3 is 15.8 Å². The Morgan fingerprint density at radius 1 is 1.37 bits per heavy atom. The molecule has 0 atom stereocenters. The van der Waals surface area contributed by atoms with Gasteiger partial charge in [0.05, 0.1) is 0 Å². The number of amides is 1. The highest BCUT2D eigenvalue weighted by atomic mass is 19.1. The second-order valence-corrected chi connectivity index (χ2v) is 4.78. The van der Waals surface area contributed by atoms with Crippen LogP contribution in [0, 0.1) is 18.6 Å². The van der Waals surface area contributed by atoms with Crippen LogP contribution in [-0.4, -0.2) is 24.7 Å². The molecule has 2 rings (SSSR count). The van der Waals surface area contributed by atoms with Crippen LogP contribution >= 0.6 is 0 Å². The summed E-state index contributed by atoms with van der Waals surface area (Å²) in [4.78, 5) is 12.1. The minimum Gasteiger partial charge on any atom is -0.381 e. The fourth-order valence-electron chi connectivity index (χ4n) is 1.97. The normalized spacial score (nSPS) is 18.1. The van der Waals surface area contributed by atoms with Crippen molar-refractivity contribution < 1.29 is 18.3 Å². The largest absolute Gasteiger partial charge is 0.381 e. The minimum absolute atomic E-state index is 0.259. The number of halogens is 2. The molecule has 0 spiro atoms. The summed E-state index contributed by atoms with van der Waals surface area (Å²) in [6.07, 6.45) is 0.655. The summed E-state index contributed by atoms with van der Waals surface area (Å²) < 4.78 is 32.5. The van der Waals surface area contributed by atoms with E-state index in [1.165, 1.54) is 13.0 Å². The van der Waals surface area contributed by atoms with Gasteiger partial charge in [-0.1, -0.05) is 6.07 Å². The number of benzene rings is 1. The Hall–Kier alpha value is -1.53. The van der Waals surface area contributed by atoms with Crippen molar-refractivity contribution in [1.82, 2.24) is 0 Å². The van der Waals surface area contributed by atoms with Crippen molar-refractivity contribution >= 4 is 11.6 Å². The maximum Gasteiger partial charge on any atom is 0.244 e. The molecular weight excluding hydrogens is 254 g/mol. The molecule has 1 saturated heterocycles. The molecule has 3 N–H and O–H groups in total. The molecule has 0 aliphatic carbocycles. The lowest BCUT2D eigenvalue weighted by Crippen LogP contribution is -2.54. The molecule has 1 heterocycles. The van der Waals surface area contributed by atoms with Crippen molar-refractivity contribution in [3.05, 3.63) is 29.3 Å². The quantitative estimate of drug-likeness (QED) is 0.860. The van der Waals surface area contributed by atoms with Gasteiger partial charge in [0, 0.05) is 13.2 Å². The fraction of sp³-hybridized carbons (Fsp3) is 0.462. The number of carbonyl (C=O) groups excluding carboxylic acids is 1. The van der Waals surface area contributed by atoms with Crippen LogP contribution in [0.5, 0.6) is 0 Å². The summed E-state index contributed by atoms with van der Waals surface area (Å²) in [6, 6.07) is 2.42. The average molecular weight is 270 g/mol. The first kappa shape index (κ1) is 13.9. The molecule has 1 aromatic rings. The van der Waals surface area contributed by atoms with E-state index in [0.29, 0.717) is 26.1 Å². The first-order valence-corrected chi connectivity index (χ1v) is 6.07. The molecular formula is C13H16F2N2O2. The van der Waals surface area contributed by atoms with Gasteiger partial charge >= 0.3 is 0 Å². The first-order chi connectivity index (χ1) is 8.94. The molecule has 1 aliphatic rings. The van der Waals surface area contributed by atoms with Gasteiger partial charge in [-0.3, -0.25) is 4.79 Å². The second-order valence-electron chi connectivity index (χ2n) is 4.78. The molecule has 1 fully saturated rings. The molecule has 6 heteroatoms. The third-order valence-corrected chi connectivity index (χ3v) is 3.36. The number of hydrogen-bond acceptors (Lipinski definition) is 3. The molecule has 104 valence electrons. The number of nitrogens with one attached hydrogen (secondary N) is 1. The number of carbonyl (C=O) groups is 1. The van der Waals surface area contributed by atoms with E-state index in [4.69, 9.17) is 10.5 Å². The summed E-state index contributed by atoms with van der Waals surface area (Å²) in [5.41, 5.74) is 4.63. The van der Waals surface area contributed by atoms with Crippen molar-refractivity contribution in [3.8, 4) is 0 Å². The standard InChI is InChI=1S/C13H16F2N2O2/c1-8-2-3-9(14)11(10(8)15)17-12(18)13(16)4-6-19-7-5-13/h2-3H,4-7,16H2,1H3,(H,17,18). The number of anilines is 1. The van der Waals surface area contributed by atoms with E-state index in [1.807, 2.05) is 0 Å². The molecule has 0 unspecified atom stereocenters. The van der Waals surface area contributed by atoms with Crippen molar-refractivity contribution in [1.29, 1.82) is 0 Å². The van der Waals surface area contributed by atoms with Crippen molar-refractivity contribution in [2.75, 3.05) is 18.5 Å². The van der Waals surface area contributed by atoms with Gasteiger partial charge in [0.1, 0.15) is 17.0 Å². The van der Waals surface area contributed by atoms with Crippen molar-refractivity contribution in [2.24, 2.45) is 5.73 Å². The summed E-state index contributed by atoms with van der Waals surface area (Å²) in [7, 11) is 0. The van der Waals surface area contributed by atoms with E-state index in [-0.39, 0.29) is 5.56 Å². The third kappa shape index (κ3) is 2.74. The van der Waals surface area contributed by atoms with Gasteiger partial charge in [-0.05, 0) is 31.4 Å². The highest BCUT2D eigenvalue weighted by Gasteiger charge is 2.36. The monoisotopic (exact) mass is 270 g/mol. The molecule has 0 radical (unpaired) electrons. The maximum atomic E-state index is 13.8. The van der Waals surface area contributed by atoms with Crippen LogP contribution < -0.4 is 11.1 Å². The predicted molar refractivity (Wildman–Crippen MR) is 66.7 cm³/mol. The Kier molecular flexibility index (Phi) is 3.82. The van der Waals surface area contributed by atoms with Crippen LogP contribution in [-0.2, 0) is 9.53 Å². The maximum absolute atomic E-state index is 13.8. The number of nitrogens with two attached hydrogens (primary N) is 1. The van der Waals surface area contributed by atoms with E-state index in [1.54, 1.807) is 0 Å². The Bertz CT molecular complexity index is 500. The van der Waals surface area contributed by atoms with Gasteiger partial charge in [-0.2, -0.15) is 0 Å². The third-order valence-electron chi connectivity index (χ3n) is 3.36. The fourth-order valence-corrected chi connectivity index (χ4v) is 1.97. The Labute approximate surface area is 109 Å². The highest BCUT2D eigenvalue weighted by Crippen LogP contribution is 2.25. The van der Waals surface area contributed by atoms with Crippen LogP contribution in [0.25, 0.3) is 0 Å². The zero-order valence-electron chi connectivity index (χ0n) is 10.6. The van der Waals surface area contributed by atoms with Gasteiger partial charge in [-0.15, -0.1) is 0 Å². The van der Waals surface area contributed by atoms with Crippen LogP contribution in [0.2, 0.25) is 0 Å². The number of aryl methyl sites for hydroxylation is 1.